The van der Waals surface area contributed by atoms with Crippen molar-refractivity contribution in [3.8, 4) is 0 Å². The van der Waals surface area contributed by atoms with Crippen LogP contribution in [0.2, 0.25) is 0 Å². The fourth-order valence-corrected chi connectivity index (χ4v) is 1.37. The Hall–Kier alpha value is -2.67. The van der Waals surface area contributed by atoms with Gasteiger partial charge in [0.15, 0.2) is 0 Å². The van der Waals surface area contributed by atoms with Gasteiger partial charge in [0.25, 0.3) is 0 Å². The molecule has 1 nitrogen and oxygen atoms in total. The number of aromatic nitrogens is 1. The minimum atomic E-state index is 0.924. The topological polar surface area (TPSA) is 12.9 Å². The third-order valence-electron chi connectivity index (χ3n) is 2.34. The Kier molecular flexibility index (Phi) is 7.90. The Bertz CT molecular complexity index is 551. The van der Waals surface area contributed by atoms with Gasteiger partial charge in [-0.05, 0) is 23.8 Å². The molecule has 0 atom stereocenters. The smallest absolute Gasteiger partial charge is 0.0623 e. The van der Waals surface area contributed by atoms with Gasteiger partial charge >= 0.3 is 0 Å². The number of pyridine rings is 1. The van der Waals surface area contributed by atoms with Crippen molar-refractivity contribution in [1.82, 2.24) is 4.98 Å². The Labute approximate surface area is 121 Å². The van der Waals surface area contributed by atoms with Gasteiger partial charge in [-0.25, -0.2) is 0 Å². The predicted molar refractivity (Wildman–Crippen MR) is 89.1 cm³/mol. The fourth-order valence-electron chi connectivity index (χ4n) is 1.37. The highest BCUT2D eigenvalue weighted by molar-refractivity contribution is 5.50. The fraction of sp³-hybridized carbons (Fsp3) is 0. The van der Waals surface area contributed by atoms with E-state index < -0.39 is 0 Å². The summed E-state index contributed by atoms with van der Waals surface area (Å²) in [6.07, 6.45) is 13.1. The van der Waals surface area contributed by atoms with Crippen molar-refractivity contribution in [1.29, 1.82) is 0 Å². The highest BCUT2D eigenvalue weighted by Gasteiger charge is 1.79. The Morgan fingerprint density at radius 1 is 0.800 bits per heavy atom. The number of rotatable bonds is 4. The first-order valence-corrected chi connectivity index (χ1v) is 6.41. The SMILES string of the molecule is C=CC=CC=Cc1ccccc1.C=Cc1ccccn1. The molecule has 0 saturated heterocycles. The number of hydrogen-bond acceptors (Lipinski definition) is 1. The molecular weight excluding hydrogens is 242 g/mol. The number of hydrogen-bond donors (Lipinski definition) is 0. The Morgan fingerprint density at radius 3 is 2.10 bits per heavy atom. The van der Waals surface area contributed by atoms with Crippen LogP contribution in [0.15, 0.2) is 92.2 Å². The highest BCUT2D eigenvalue weighted by Crippen LogP contribution is 2.00. The van der Waals surface area contributed by atoms with Gasteiger partial charge in [0, 0.05) is 6.20 Å². The third kappa shape index (κ3) is 6.92. The molecule has 1 heteroatoms. The molecule has 0 spiro atoms. The molecule has 2 rings (SSSR count). The minimum Gasteiger partial charge on any atom is -0.257 e. The zero-order valence-electron chi connectivity index (χ0n) is 11.5. The lowest BCUT2D eigenvalue weighted by atomic mass is 10.2. The van der Waals surface area contributed by atoms with E-state index in [4.69, 9.17) is 0 Å². The summed E-state index contributed by atoms with van der Waals surface area (Å²) >= 11 is 0. The van der Waals surface area contributed by atoms with E-state index in [1.807, 2.05) is 54.6 Å². The molecule has 0 fully saturated rings. The van der Waals surface area contributed by atoms with Crippen LogP contribution in [0.4, 0.5) is 0 Å². The maximum Gasteiger partial charge on any atom is 0.0623 e. The molecule has 20 heavy (non-hydrogen) atoms. The average Bonchev–Trinajstić information content (AvgIpc) is 2.54. The first kappa shape index (κ1) is 15.4. The first-order valence-electron chi connectivity index (χ1n) is 6.41. The highest BCUT2D eigenvalue weighted by atomic mass is 14.6. The van der Waals surface area contributed by atoms with Gasteiger partial charge in [-0.15, -0.1) is 0 Å². The molecular formula is C19H19N. The molecule has 1 aromatic heterocycles. The zero-order valence-corrected chi connectivity index (χ0v) is 11.5. The van der Waals surface area contributed by atoms with E-state index >= 15 is 0 Å². The van der Waals surface area contributed by atoms with E-state index in [9.17, 15) is 0 Å². The van der Waals surface area contributed by atoms with Gasteiger partial charge in [0.1, 0.15) is 0 Å². The van der Waals surface area contributed by atoms with Crippen LogP contribution in [0, 0.1) is 0 Å². The Balaban J connectivity index is 0.000000217. The molecule has 1 heterocycles. The van der Waals surface area contributed by atoms with Gasteiger partial charge in [0.05, 0.1) is 5.69 Å². The van der Waals surface area contributed by atoms with E-state index in [1.54, 1.807) is 18.3 Å². The zero-order chi connectivity index (χ0) is 14.5. The summed E-state index contributed by atoms with van der Waals surface area (Å²) in [5, 5.41) is 0. The van der Waals surface area contributed by atoms with E-state index in [-0.39, 0.29) is 0 Å². The second-order valence-electron chi connectivity index (χ2n) is 3.85. The maximum absolute atomic E-state index is 3.98. The third-order valence-corrected chi connectivity index (χ3v) is 2.34. The first-order chi connectivity index (χ1) is 9.86. The molecule has 0 aliphatic heterocycles. The molecule has 0 aliphatic carbocycles. The summed E-state index contributed by atoms with van der Waals surface area (Å²) in [4.78, 5) is 3.98. The maximum atomic E-state index is 3.98. The van der Waals surface area contributed by atoms with Crippen LogP contribution in [-0.2, 0) is 0 Å². The summed E-state index contributed by atoms with van der Waals surface area (Å²) in [6.45, 7) is 7.15. The summed E-state index contributed by atoms with van der Waals surface area (Å²) in [5.41, 5.74) is 2.14. The van der Waals surface area contributed by atoms with Crippen molar-refractivity contribution in [2.45, 2.75) is 0 Å². The molecule has 0 amide bonds. The number of nitrogens with zero attached hydrogens (tertiary/aromatic N) is 1. The van der Waals surface area contributed by atoms with Crippen molar-refractivity contribution < 1.29 is 0 Å². The molecule has 0 unspecified atom stereocenters. The van der Waals surface area contributed by atoms with Gasteiger partial charge in [0.2, 0.25) is 0 Å². The second kappa shape index (κ2) is 10.3. The van der Waals surface area contributed by atoms with Crippen LogP contribution in [-0.4, -0.2) is 4.98 Å². The number of allylic oxidation sites excluding steroid dienone is 4. The monoisotopic (exact) mass is 261 g/mol. The van der Waals surface area contributed by atoms with Gasteiger partial charge in [-0.3, -0.25) is 4.98 Å². The van der Waals surface area contributed by atoms with Gasteiger partial charge < -0.3 is 0 Å². The van der Waals surface area contributed by atoms with Crippen molar-refractivity contribution in [2.75, 3.05) is 0 Å². The summed E-state index contributed by atoms with van der Waals surface area (Å²) in [5.74, 6) is 0. The lowest BCUT2D eigenvalue weighted by Gasteiger charge is -1.87. The quantitative estimate of drug-likeness (QED) is 0.692. The van der Waals surface area contributed by atoms with Crippen LogP contribution in [0.5, 0.6) is 0 Å². The second-order valence-corrected chi connectivity index (χ2v) is 3.85. The van der Waals surface area contributed by atoms with Crippen LogP contribution in [0.25, 0.3) is 12.2 Å². The standard InChI is InChI=1S/C12H12.C7H7N/c1-2-3-4-6-9-12-10-7-5-8-11-12;1-2-7-5-3-4-6-8-7/h2-11H,1H2;2-6H,1H2. The van der Waals surface area contributed by atoms with Gasteiger partial charge in [-0.1, -0.05) is 79.9 Å². The summed E-state index contributed by atoms with van der Waals surface area (Å²) < 4.78 is 0. The summed E-state index contributed by atoms with van der Waals surface area (Å²) in [6, 6.07) is 15.9. The predicted octanol–water partition coefficient (Wildman–Crippen LogP) is 5.17. The molecule has 0 N–H and O–H groups in total. The van der Waals surface area contributed by atoms with E-state index in [0.29, 0.717) is 0 Å². The van der Waals surface area contributed by atoms with E-state index in [0.717, 1.165) is 5.69 Å². The van der Waals surface area contributed by atoms with Crippen molar-refractivity contribution in [3.05, 3.63) is 103 Å². The lowest BCUT2D eigenvalue weighted by Crippen LogP contribution is -1.73. The normalized spacial score (nSPS) is 10.0. The number of benzene rings is 1. The van der Waals surface area contributed by atoms with Crippen LogP contribution >= 0.6 is 0 Å². The van der Waals surface area contributed by atoms with Crippen LogP contribution in [0.1, 0.15) is 11.3 Å². The van der Waals surface area contributed by atoms with Crippen molar-refractivity contribution in [3.63, 3.8) is 0 Å². The van der Waals surface area contributed by atoms with Crippen LogP contribution < -0.4 is 0 Å². The van der Waals surface area contributed by atoms with E-state index in [2.05, 4.69) is 36.4 Å². The minimum absolute atomic E-state index is 0.924. The molecule has 0 aliphatic rings. The molecule has 0 saturated carbocycles. The Morgan fingerprint density at radius 2 is 1.55 bits per heavy atom. The van der Waals surface area contributed by atoms with Crippen molar-refractivity contribution in [2.24, 2.45) is 0 Å². The molecule has 1 aromatic carbocycles. The van der Waals surface area contributed by atoms with E-state index in [1.165, 1.54) is 5.56 Å². The molecule has 0 radical (unpaired) electrons. The largest absolute Gasteiger partial charge is 0.257 e. The molecule has 100 valence electrons. The average molecular weight is 261 g/mol. The lowest BCUT2D eigenvalue weighted by molar-refractivity contribution is 1.30. The molecule has 2 aromatic rings. The van der Waals surface area contributed by atoms with Crippen LogP contribution in [0.3, 0.4) is 0 Å². The van der Waals surface area contributed by atoms with Gasteiger partial charge in [-0.2, -0.15) is 0 Å². The summed E-state index contributed by atoms with van der Waals surface area (Å²) in [7, 11) is 0. The molecule has 0 bridgehead atoms. The van der Waals surface area contributed by atoms with Crippen molar-refractivity contribution >= 4 is 12.2 Å².